The van der Waals surface area contributed by atoms with Crippen molar-refractivity contribution < 1.29 is 9.53 Å². The molecule has 0 bridgehead atoms. The Morgan fingerprint density at radius 2 is 2.25 bits per heavy atom. The van der Waals surface area contributed by atoms with E-state index in [-0.39, 0.29) is 6.04 Å². The number of carbonyl (C=O) groups excluding carboxylic acids is 1. The molecule has 1 heterocycles. The molecule has 0 aromatic carbocycles. The minimum absolute atomic E-state index is 0.170. The molecule has 6 nitrogen and oxygen atoms in total. The Balaban J connectivity index is 2.74. The summed E-state index contributed by atoms with van der Waals surface area (Å²) in [7, 11) is 1.33. The molecule has 0 aliphatic carbocycles. The highest BCUT2D eigenvalue weighted by Crippen LogP contribution is 2.23. The lowest BCUT2D eigenvalue weighted by Crippen LogP contribution is -2.06. The van der Waals surface area contributed by atoms with Crippen LogP contribution in [0.15, 0.2) is 16.6 Å². The van der Waals surface area contributed by atoms with Crippen LogP contribution in [-0.4, -0.2) is 27.8 Å². The van der Waals surface area contributed by atoms with Gasteiger partial charge in [0.05, 0.1) is 7.11 Å². The molecule has 0 fully saturated rings. The summed E-state index contributed by atoms with van der Waals surface area (Å²) in [6.45, 7) is 3.96. The van der Waals surface area contributed by atoms with Crippen molar-refractivity contribution in [2.75, 3.05) is 12.8 Å². The van der Waals surface area contributed by atoms with E-state index in [1.807, 2.05) is 13.8 Å². The van der Waals surface area contributed by atoms with E-state index in [1.54, 1.807) is 9.98 Å². The number of ether oxygens (including phenoxy) is 1. The molecule has 88 valence electrons. The first kappa shape index (κ1) is 12.6. The van der Waals surface area contributed by atoms with E-state index in [2.05, 4.69) is 14.9 Å². The number of nitrogens with two attached hydrogens (primary N) is 1. The summed E-state index contributed by atoms with van der Waals surface area (Å²) in [6, 6.07) is 0.170. The molecule has 1 rings (SSSR count). The van der Waals surface area contributed by atoms with Crippen LogP contribution < -0.4 is 5.73 Å². The first-order valence-electron chi connectivity index (χ1n) is 4.67. The van der Waals surface area contributed by atoms with Gasteiger partial charge < -0.3 is 10.5 Å². The largest absolute Gasteiger partial charge is 0.466 e. The molecular weight excluding hydrogens is 228 g/mol. The molecule has 0 atom stereocenters. The maximum absolute atomic E-state index is 10.8. The summed E-state index contributed by atoms with van der Waals surface area (Å²) < 4.78 is 6.25. The average molecular weight is 242 g/mol. The second-order valence-corrected chi connectivity index (χ2v) is 4.12. The van der Waals surface area contributed by atoms with Gasteiger partial charge >= 0.3 is 5.97 Å². The molecule has 1 aromatic rings. The Bertz CT molecular complexity index is 400. The second kappa shape index (κ2) is 5.55. The van der Waals surface area contributed by atoms with Gasteiger partial charge in [-0.25, -0.2) is 4.79 Å². The van der Waals surface area contributed by atoms with Crippen LogP contribution in [0, 0.1) is 0 Å². The van der Waals surface area contributed by atoms with Gasteiger partial charge in [0.1, 0.15) is 0 Å². The molecule has 2 N–H and O–H groups in total. The van der Waals surface area contributed by atoms with Gasteiger partial charge in [0.15, 0.2) is 5.16 Å². The summed E-state index contributed by atoms with van der Waals surface area (Å²) in [5, 5.41) is 9.92. The number of hydrogen-bond donors (Lipinski definition) is 1. The first-order chi connectivity index (χ1) is 7.56. The molecule has 0 saturated carbocycles. The van der Waals surface area contributed by atoms with E-state index in [0.29, 0.717) is 11.1 Å². The number of hydrogen-bond acceptors (Lipinski definition) is 6. The fraction of sp³-hybridized carbons (Fsp3) is 0.444. The van der Waals surface area contributed by atoms with Crippen LogP contribution in [0.2, 0.25) is 0 Å². The zero-order valence-corrected chi connectivity index (χ0v) is 10.2. The summed E-state index contributed by atoms with van der Waals surface area (Å²) in [4.78, 5) is 10.8. The number of rotatable bonds is 4. The van der Waals surface area contributed by atoms with E-state index in [9.17, 15) is 4.79 Å². The van der Waals surface area contributed by atoms with E-state index >= 15 is 0 Å². The number of carbonyl (C=O) groups is 1. The van der Waals surface area contributed by atoms with E-state index in [1.165, 1.54) is 24.9 Å². The lowest BCUT2D eigenvalue weighted by molar-refractivity contribution is -0.134. The van der Waals surface area contributed by atoms with Crippen molar-refractivity contribution in [2.24, 2.45) is 0 Å². The molecule has 0 unspecified atom stereocenters. The van der Waals surface area contributed by atoms with Gasteiger partial charge in [-0.05, 0) is 19.3 Å². The van der Waals surface area contributed by atoms with Crippen molar-refractivity contribution in [3.63, 3.8) is 0 Å². The molecule has 7 heteroatoms. The van der Waals surface area contributed by atoms with Gasteiger partial charge in [-0.1, -0.05) is 11.8 Å². The summed E-state index contributed by atoms with van der Waals surface area (Å²) in [5.41, 5.74) is 5.66. The van der Waals surface area contributed by atoms with Crippen molar-refractivity contribution in [1.29, 1.82) is 0 Å². The maximum atomic E-state index is 10.8. The summed E-state index contributed by atoms with van der Waals surface area (Å²) in [6.07, 6.45) is 1.32. The van der Waals surface area contributed by atoms with Crippen molar-refractivity contribution in [1.82, 2.24) is 14.8 Å². The Kier molecular flexibility index (Phi) is 4.36. The van der Waals surface area contributed by atoms with Crippen LogP contribution in [0.4, 0.5) is 5.95 Å². The van der Waals surface area contributed by atoms with Gasteiger partial charge in [-0.3, -0.25) is 4.57 Å². The molecule has 0 amide bonds. The third-order valence-electron chi connectivity index (χ3n) is 1.79. The van der Waals surface area contributed by atoms with Gasteiger partial charge in [0, 0.05) is 12.1 Å². The topological polar surface area (TPSA) is 83.0 Å². The number of methoxy groups -OCH3 is 1. The molecule has 0 saturated heterocycles. The van der Waals surface area contributed by atoms with Crippen molar-refractivity contribution >= 4 is 23.7 Å². The SMILES string of the molecule is COC(=O)C=CSc1nnc(N)n1C(C)C. The van der Waals surface area contributed by atoms with Gasteiger partial charge in [0.25, 0.3) is 0 Å². The third-order valence-corrected chi connectivity index (χ3v) is 2.55. The van der Waals surface area contributed by atoms with Crippen LogP contribution in [0.25, 0.3) is 0 Å². The molecule has 0 radical (unpaired) electrons. The van der Waals surface area contributed by atoms with Crippen molar-refractivity contribution in [3.8, 4) is 0 Å². The Hall–Kier alpha value is -1.50. The van der Waals surface area contributed by atoms with Crippen LogP contribution in [0.5, 0.6) is 0 Å². The lowest BCUT2D eigenvalue weighted by atomic mass is 10.4. The Labute approximate surface area is 97.9 Å². The molecule has 1 aromatic heterocycles. The van der Waals surface area contributed by atoms with E-state index < -0.39 is 5.97 Å². The molecule has 0 aliphatic heterocycles. The zero-order chi connectivity index (χ0) is 12.1. The predicted octanol–water partition coefficient (Wildman–Crippen LogP) is 1.22. The van der Waals surface area contributed by atoms with Crippen LogP contribution in [0.1, 0.15) is 19.9 Å². The average Bonchev–Trinajstić information content (AvgIpc) is 2.59. The molecular formula is C9H14N4O2S. The molecule has 0 aliphatic rings. The standard InChI is InChI=1S/C9H14N4O2S/c1-6(2)13-8(10)11-12-9(13)16-5-4-7(14)15-3/h4-6H,1-3H3,(H2,10,11). The monoisotopic (exact) mass is 242 g/mol. The smallest absolute Gasteiger partial charge is 0.330 e. The molecule has 0 spiro atoms. The normalized spacial score (nSPS) is 11.2. The number of nitrogens with zero attached hydrogens (tertiary/aromatic N) is 3. The minimum atomic E-state index is -0.406. The predicted molar refractivity (Wildman–Crippen MR) is 61.8 cm³/mol. The Morgan fingerprint density at radius 3 is 2.81 bits per heavy atom. The minimum Gasteiger partial charge on any atom is -0.466 e. The van der Waals surface area contributed by atoms with Gasteiger partial charge in [-0.2, -0.15) is 0 Å². The van der Waals surface area contributed by atoms with Gasteiger partial charge in [0.2, 0.25) is 5.95 Å². The second-order valence-electron chi connectivity index (χ2n) is 3.25. The number of thioether (sulfide) groups is 1. The van der Waals surface area contributed by atoms with E-state index in [0.717, 1.165) is 0 Å². The maximum Gasteiger partial charge on any atom is 0.330 e. The van der Waals surface area contributed by atoms with E-state index in [4.69, 9.17) is 5.73 Å². The van der Waals surface area contributed by atoms with Crippen LogP contribution in [0.3, 0.4) is 0 Å². The quantitative estimate of drug-likeness (QED) is 0.485. The van der Waals surface area contributed by atoms with Crippen LogP contribution in [-0.2, 0) is 9.53 Å². The number of nitrogen functional groups attached to an aromatic ring is 1. The highest BCUT2D eigenvalue weighted by Gasteiger charge is 2.11. The van der Waals surface area contributed by atoms with Gasteiger partial charge in [-0.15, -0.1) is 10.2 Å². The lowest BCUT2D eigenvalue weighted by Gasteiger charge is -2.09. The van der Waals surface area contributed by atoms with Crippen molar-refractivity contribution in [3.05, 3.63) is 11.5 Å². The number of esters is 1. The number of anilines is 1. The third kappa shape index (κ3) is 2.99. The fourth-order valence-electron chi connectivity index (χ4n) is 1.07. The fourth-order valence-corrected chi connectivity index (χ4v) is 1.88. The first-order valence-corrected chi connectivity index (χ1v) is 5.55. The van der Waals surface area contributed by atoms with Crippen LogP contribution >= 0.6 is 11.8 Å². The summed E-state index contributed by atoms with van der Waals surface area (Å²) in [5.74, 6) is -0.0416. The highest BCUT2D eigenvalue weighted by atomic mass is 32.2. The molecule has 16 heavy (non-hydrogen) atoms. The highest BCUT2D eigenvalue weighted by molar-refractivity contribution is 8.02. The zero-order valence-electron chi connectivity index (χ0n) is 9.38. The Morgan fingerprint density at radius 1 is 1.56 bits per heavy atom. The summed E-state index contributed by atoms with van der Waals surface area (Å²) >= 11 is 1.27. The number of aromatic nitrogens is 3. The van der Waals surface area contributed by atoms with Crippen molar-refractivity contribution in [2.45, 2.75) is 25.0 Å².